The highest BCUT2D eigenvalue weighted by Gasteiger charge is 2.51. The molecule has 1 fully saturated rings. The van der Waals surface area contributed by atoms with E-state index in [9.17, 15) is 13.6 Å². The second kappa shape index (κ2) is 7.61. The van der Waals surface area contributed by atoms with E-state index in [4.69, 9.17) is 21.3 Å². The van der Waals surface area contributed by atoms with Gasteiger partial charge in [-0.15, -0.1) is 5.10 Å². The largest absolute Gasteiger partial charge is 0.394 e. The zero-order valence-corrected chi connectivity index (χ0v) is 14.1. The van der Waals surface area contributed by atoms with Crippen molar-refractivity contribution >= 4 is 17.7 Å². The molecule has 1 aliphatic rings. The van der Waals surface area contributed by atoms with E-state index in [0.717, 1.165) is 6.20 Å². The number of halogens is 2. The third kappa shape index (κ3) is 4.43. The van der Waals surface area contributed by atoms with Crippen molar-refractivity contribution in [2.45, 2.75) is 24.7 Å². The molecular weight excluding hydrogens is 354 g/mol. The maximum Gasteiger partial charge on any atom is 0.351 e. The average Bonchev–Trinajstić information content (AvgIpc) is 2.87. The molecule has 11 nitrogen and oxygen atoms in total. The van der Waals surface area contributed by atoms with Crippen molar-refractivity contribution in [3.63, 3.8) is 0 Å². The highest BCUT2D eigenvalue weighted by atomic mass is 19.3. The van der Waals surface area contributed by atoms with E-state index < -0.39 is 37.0 Å². The first-order valence-corrected chi connectivity index (χ1v) is 7.48. The number of anilines is 1. The molecule has 2 atom stereocenters. The predicted molar refractivity (Wildman–Crippen MR) is 89.6 cm³/mol. The molecule has 26 heavy (non-hydrogen) atoms. The van der Waals surface area contributed by atoms with E-state index in [-0.39, 0.29) is 17.7 Å². The number of guanidine groups is 2. The number of alkyl halides is 2. The van der Waals surface area contributed by atoms with Crippen molar-refractivity contribution in [1.29, 1.82) is 0 Å². The van der Waals surface area contributed by atoms with Gasteiger partial charge < -0.3 is 26.2 Å². The standard InChI is InChI=1S/C13H20F2N8O3/c1-22(2)11(17)19-10(16)21-20-8-3-4-23(12(25)18-8)9-13(14,15)5-7(6-24)26-9/h3-4,7,9,24H,5-6H2,1-2H3,(H,18,20,25)(H4,16,17,19,21). The Bertz CT molecular complexity index is 764. The highest BCUT2D eigenvalue weighted by Crippen LogP contribution is 2.41. The number of ether oxygens (including phenoxy) is 1. The van der Waals surface area contributed by atoms with Crippen molar-refractivity contribution in [2.75, 3.05) is 26.1 Å². The van der Waals surface area contributed by atoms with Crippen molar-refractivity contribution in [1.82, 2.24) is 14.5 Å². The number of aliphatic hydroxyl groups is 1. The van der Waals surface area contributed by atoms with Crippen LogP contribution in [-0.2, 0) is 4.74 Å². The van der Waals surface area contributed by atoms with Gasteiger partial charge in [0.2, 0.25) is 12.2 Å². The summed E-state index contributed by atoms with van der Waals surface area (Å²) in [6.07, 6.45) is -2.50. The van der Waals surface area contributed by atoms with Crippen LogP contribution in [0.5, 0.6) is 0 Å². The molecule has 144 valence electrons. The molecule has 6 N–H and O–H groups in total. The van der Waals surface area contributed by atoms with Gasteiger partial charge in [0, 0.05) is 26.7 Å². The molecule has 2 unspecified atom stereocenters. The molecule has 1 aliphatic heterocycles. The Hall–Kier alpha value is -2.80. The van der Waals surface area contributed by atoms with Crippen LogP contribution in [0.3, 0.4) is 0 Å². The van der Waals surface area contributed by atoms with E-state index in [1.165, 1.54) is 11.0 Å². The Balaban J connectivity index is 2.15. The minimum absolute atomic E-state index is 0.0344. The van der Waals surface area contributed by atoms with Gasteiger partial charge in [-0.25, -0.2) is 13.6 Å². The monoisotopic (exact) mass is 374 g/mol. The Morgan fingerprint density at radius 3 is 2.81 bits per heavy atom. The fourth-order valence-corrected chi connectivity index (χ4v) is 2.12. The van der Waals surface area contributed by atoms with Gasteiger partial charge in [0.1, 0.15) is 0 Å². The summed E-state index contributed by atoms with van der Waals surface area (Å²) >= 11 is 0. The van der Waals surface area contributed by atoms with Gasteiger partial charge in [-0.3, -0.25) is 9.99 Å². The summed E-state index contributed by atoms with van der Waals surface area (Å²) in [7, 11) is 3.31. The van der Waals surface area contributed by atoms with Crippen LogP contribution in [0.15, 0.2) is 27.2 Å². The summed E-state index contributed by atoms with van der Waals surface area (Å²) in [4.78, 5) is 20.9. The Morgan fingerprint density at radius 2 is 2.27 bits per heavy atom. The number of hydrazone groups is 1. The second-order valence-corrected chi connectivity index (χ2v) is 5.71. The van der Waals surface area contributed by atoms with Crippen LogP contribution in [-0.4, -0.2) is 64.2 Å². The van der Waals surface area contributed by atoms with Crippen LogP contribution in [0.1, 0.15) is 12.6 Å². The van der Waals surface area contributed by atoms with Crippen molar-refractivity contribution in [3.05, 3.63) is 22.7 Å². The van der Waals surface area contributed by atoms with Crippen LogP contribution in [0.25, 0.3) is 0 Å². The smallest absolute Gasteiger partial charge is 0.351 e. The number of aliphatic imine (C=N–C) groups is 1. The van der Waals surface area contributed by atoms with Crippen molar-refractivity contribution in [3.8, 4) is 0 Å². The number of aromatic nitrogens is 2. The number of rotatable bonds is 4. The van der Waals surface area contributed by atoms with E-state index in [2.05, 4.69) is 20.5 Å². The molecule has 0 aliphatic carbocycles. The first-order chi connectivity index (χ1) is 12.1. The lowest BCUT2D eigenvalue weighted by atomic mass is 10.2. The predicted octanol–water partition coefficient (Wildman–Crippen LogP) is -1.32. The average molecular weight is 374 g/mol. The molecule has 0 radical (unpaired) electrons. The van der Waals surface area contributed by atoms with Gasteiger partial charge >= 0.3 is 5.69 Å². The molecule has 2 rings (SSSR count). The molecule has 1 aromatic rings. The lowest BCUT2D eigenvalue weighted by Crippen LogP contribution is -2.35. The van der Waals surface area contributed by atoms with E-state index in [1.807, 2.05) is 0 Å². The zero-order valence-electron chi connectivity index (χ0n) is 14.1. The van der Waals surface area contributed by atoms with E-state index >= 15 is 0 Å². The Labute approximate surface area is 147 Å². The SMILES string of the molecule is CN(C)/C(N)=N/C(N)=N/Nc1ccn(C2OC(CO)CC2(F)F)c(=O)n1. The minimum Gasteiger partial charge on any atom is -0.394 e. The fraction of sp³-hybridized carbons (Fsp3) is 0.538. The molecule has 0 amide bonds. The molecule has 0 saturated carbocycles. The number of aliphatic hydroxyl groups excluding tert-OH is 1. The summed E-state index contributed by atoms with van der Waals surface area (Å²) in [5.41, 5.74) is 12.5. The summed E-state index contributed by atoms with van der Waals surface area (Å²) in [6, 6.07) is 1.24. The van der Waals surface area contributed by atoms with Crippen LogP contribution in [0, 0.1) is 0 Å². The fourth-order valence-electron chi connectivity index (χ4n) is 2.12. The minimum atomic E-state index is -3.31. The maximum atomic E-state index is 13.9. The number of nitrogens with two attached hydrogens (primary N) is 2. The van der Waals surface area contributed by atoms with Crippen LogP contribution < -0.4 is 22.6 Å². The highest BCUT2D eigenvalue weighted by molar-refractivity contribution is 5.93. The van der Waals surface area contributed by atoms with E-state index in [0.29, 0.717) is 4.57 Å². The van der Waals surface area contributed by atoms with Gasteiger partial charge in [0.05, 0.1) is 12.7 Å². The van der Waals surface area contributed by atoms with Gasteiger partial charge in [0.25, 0.3) is 5.92 Å². The Kier molecular flexibility index (Phi) is 5.72. The van der Waals surface area contributed by atoms with Gasteiger partial charge in [0.15, 0.2) is 11.8 Å². The summed E-state index contributed by atoms with van der Waals surface area (Å²) < 4.78 is 33.6. The molecule has 2 heterocycles. The lowest BCUT2D eigenvalue weighted by Gasteiger charge is -2.19. The van der Waals surface area contributed by atoms with Crippen LogP contribution in [0.2, 0.25) is 0 Å². The number of hydrogen-bond acceptors (Lipinski definition) is 6. The lowest BCUT2D eigenvalue weighted by molar-refractivity contribution is -0.120. The van der Waals surface area contributed by atoms with Crippen LogP contribution >= 0.6 is 0 Å². The first kappa shape index (κ1) is 19.5. The second-order valence-electron chi connectivity index (χ2n) is 5.71. The molecular formula is C13H20F2N8O3. The third-order valence-electron chi connectivity index (χ3n) is 3.44. The molecule has 1 aromatic heterocycles. The third-order valence-corrected chi connectivity index (χ3v) is 3.44. The van der Waals surface area contributed by atoms with Crippen LogP contribution in [0.4, 0.5) is 14.6 Å². The maximum absolute atomic E-state index is 13.9. The molecule has 0 aromatic carbocycles. The van der Waals surface area contributed by atoms with E-state index in [1.54, 1.807) is 14.1 Å². The summed E-state index contributed by atoms with van der Waals surface area (Å²) in [6.45, 7) is -0.571. The molecule has 0 spiro atoms. The number of hydrogen-bond donors (Lipinski definition) is 4. The Morgan fingerprint density at radius 1 is 1.58 bits per heavy atom. The molecule has 1 saturated heterocycles. The normalized spacial score (nSPS) is 23.1. The number of nitrogens with one attached hydrogen (secondary N) is 1. The quantitative estimate of drug-likeness (QED) is 0.287. The van der Waals surface area contributed by atoms with Crippen molar-refractivity contribution < 1.29 is 18.6 Å². The van der Waals surface area contributed by atoms with Gasteiger partial charge in [-0.1, -0.05) is 0 Å². The first-order valence-electron chi connectivity index (χ1n) is 7.48. The summed E-state index contributed by atoms with van der Waals surface area (Å²) in [5, 5.41) is 12.6. The topological polar surface area (TPSA) is 156 Å². The molecule has 0 bridgehead atoms. The zero-order chi connectivity index (χ0) is 19.5. The van der Waals surface area contributed by atoms with Gasteiger partial charge in [-0.2, -0.15) is 9.98 Å². The van der Waals surface area contributed by atoms with Crippen molar-refractivity contribution in [2.24, 2.45) is 21.6 Å². The molecule has 13 heteroatoms. The van der Waals surface area contributed by atoms with Gasteiger partial charge in [-0.05, 0) is 6.07 Å². The number of nitrogens with zero attached hydrogens (tertiary/aromatic N) is 5. The summed E-state index contributed by atoms with van der Waals surface area (Å²) in [5.74, 6) is -3.46.